The van der Waals surface area contributed by atoms with E-state index in [2.05, 4.69) is 10.4 Å². The molecule has 0 fully saturated rings. The molecule has 0 aliphatic heterocycles. The van der Waals surface area contributed by atoms with Crippen LogP contribution in [0.4, 0.5) is 17.2 Å². The molecule has 1 aromatic carbocycles. The Morgan fingerprint density at radius 2 is 2.20 bits per heavy atom. The summed E-state index contributed by atoms with van der Waals surface area (Å²) in [6.45, 7) is 1.77. The summed E-state index contributed by atoms with van der Waals surface area (Å²) in [6, 6.07) is 5.56. The average Bonchev–Trinajstić information content (AvgIpc) is 2.67. The Bertz CT molecular complexity index is 661. The van der Waals surface area contributed by atoms with Crippen LogP contribution in [0.15, 0.2) is 24.3 Å². The minimum Gasteiger partial charge on any atom is -0.478 e. The van der Waals surface area contributed by atoms with Crippen LogP contribution >= 0.6 is 0 Å². The number of hydrogen-bond donors (Lipinski definition) is 2. The normalized spacial score (nSPS) is 10.3. The Morgan fingerprint density at radius 3 is 2.70 bits per heavy atom. The molecule has 2 N–H and O–H groups in total. The number of hydrogen-bond acceptors (Lipinski definition) is 5. The molecule has 0 unspecified atom stereocenters. The molecule has 104 valence electrons. The quantitative estimate of drug-likeness (QED) is 0.653. The molecule has 0 bridgehead atoms. The van der Waals surface area contributed by atoms with Gasteiger partial charge in [0.25, 0.3) is 5.69 Å². The van der Waals surface area contributed by atoms with Crippen LogP contribution in [0.1, 0.15) is 16.1 Å². The van der Waals surface area contributed by atoms with Gasteiger partial charge >= 0.3 is 5.97 Å². The Morgan fingerprint density at radius 1 is 1.50 bits per heavy atom. The number of rotatable bonds is 4. The first kappa shape index (κ1) is 13.5. The second-order valence-corrected chi connectivity index (χ2v) is 4.18. The molecule has 2 rings (SSSR count). The molecule has 0 aliphatic carbocycles. The second kappa shape index (κ2) is 5.00. The van der Waals surface area contributed by atoms with Crippen molar-refractivity contribution in [2.75, 3.05) is 5.32 Å². The van der Waals surface area contributed by atoms with E-state index in [9.17, 15) is 14.9 Å². The van der Waals surface area contributed by atoms with E-state index in [1.165, 1.54) is 22.9 Å². The summed E-state index contributed by atoms with van der Waals surface area (Å²) in [5.74, 6) is -0.769. The maximum Gasteiger partial charge on any atom is 0.338 e. The third-order valence-corrected chi connectivity index (χ3v) is 2.72. The highest BCUT2D eigenvalue weighted by atomic mass is 16.6. The summed E-state index contributed by atoms with van der Waals surface area (Å²) in [5, 5.41) is 27.0. The lowest BCUT2D eigenvalue weighted by molar-refractivity contribution is -0.383. The molecule has 8 nitrogen and oxygen atoms in total. The molecule has 8 heteroatoms. The largest absolute Gasteiger partial charge is 0.478 e. The van der Waals surface area contributed by atoms with E-state index in [0.29, 0.717) is 11.5 Å². The third kappa shape index (κ3) is 2.44. The second-order valence-electron chi connectivity index (χ2n) is 4.18. The smallest absolute Gasteiger partial charge is 0.338 e. The molecule has 2 aromatic rings. The number of nitrogens with zero attached hydrogens (tertiary/aromatic N) is 3. The van der Waals surface area contributed by atoms with E-state index in [1.54, 1.807) is 20.0 Å². The van der Waals surface area contributed by atoms with Crippen molar-refractivity contribution >= 4 is 23.2 Å². The Balaban J connectivity index is 2.56. The van der Waals surface area contributed by atoms with Gasteiger partial charge in [0.2, 0.25) is 0 Å². The number of carboxylic acid groups (broad SMARTS) is 1. The molecule has 0 radical (unpaired) electrons. The van der Waals surface area contributed by atoms with Crippen molar-refractivity contribution in [2.45, 2.75) is 6.92 Å². The molecule has 0 saturated carbocycles. The monoisotopic (exact) mass is 276 g/mol. The zero-order valence-corrected chi connectivity index (χ0v) is 10.8. The molecule has 0 saturated heterocycles. The first-order valence-corrected chi connectivity index (χ1v) is 5.68. The molecule has 1 heterocycles. The van der Waals surface area contributed by atoms with Gasteiger partial charge in [-0.05, 0) is 13.0 Å². The van der Waals surface area contributed by atoms with Crippen LogP contribution in [0, 0.1) is 17.0 Å². The first-order chi connectivity index (χ1) is 9.40. The first-order valence-electron chi connectivity index (χ1n) is 5.68. The molecule has 0 spiro atoms. The van der Waals surface area contributed by atoms with Crippen LogP contribution in [0.3, 0.4) is 0 Å². The van der Waals surface area contributed by atoms with Gasteiger partial charge in [-0.3, -0.25) is 14.8 Å². The van der Waals surface area contributed by atoms with Gasteiger partial charge in [0, 0.05) is 19.2 Å². The third-order valence-electron chi connectivity index (χ3n) is 2.72. The number of carboxylic acids is 1. The molecular weight excluding hydrogens is 264 g/mol. The zero-order valence-electron chi connectivity index (χ0n) is 10.8. The Hall–Kier alpha value is -2.90. The van der Waals surface area contributed by atoms with E-state index in [1.807, 2.05) is 0 Å². The van der Waals surface area contributed by atoms with Gasteiger partial charge in [-0.2, -0.15) is 5.10 Å². The molecule has 0 amide bonds. The lowest BCUT2D eigenvalue weighted by Gasteiger charge is -2.09. The predicted octanol–water partition coefficient (Wildman–Crippen LogP) is 2.08. The van der Waals surface area contributed by atoms with Gasteiger partial charge in [0.15, 0.2) is 0 Å². The van der Waals surface area contributed by atoms with Crippen molar-refractivity contribution in [2.24, 2.45) is 7.05 Å². The van der Waals surface area contributed by atoms with Crippen molar-refractivity contribution in [3.8, 4) is 0 Å². The van der Waals surface area contributed by atoms with Crippen LogP contribution in [0.25, 0.3) is 0 Å². The Labute approximate surface area is 113 Å². The highest BCUT2D eigenvalue weighted by Crippen LogP contribution is 2.31. The summed E-state index contributed by atoms with van der Waals surface area (Å²) in [5.41, 5.74) is 0.181. The number of aromatic carboxylic acids is 1. The summed E-state index contributed by atoms with van der Waals surface area (Å²) >= 11 is 0. The summed E-state index contributed by atoms with van der Waals surface area (Å²) < 4.78 is 1.48. The predicted molar refractivity (Wildman–Crippen MR) is 71.3 cm³/mol. The highest BCUT2D eigenvalue weighted by molar-refractivity contribution is 5.97. The molecular formula is C12H12N4O4. The minimum atomic E-state index is -1.24. The van der Waals surface area contributed by atoms with Gasteiger partial charge < -0.3 is 10.4 Å². The maximum absolute atomic E-state index is 11.2. The van der Waals surface area contributed by atoms with E-state index in [4.69, 9.17) is 5.11 Å². The summed E-state index contributed by atoms with van der Waals surface area (Å²) in [7, 11) is 1.66. The van der Waals surface area contributed by atoms with E-state index in [0.717, 1.165) is 0 Å². The van der Waals surface area contributed by atoms with Crippen LogP contribution < -0.4 is 5.32 Å². The van der Waals surface area contributed by atoms with Crippen LogP contribution in [0.2, 0.25) is 0 Å². The number of nitro benzene ring substituents is 1. The van der Waals surface area contributed by atoms with Gasteiger partial charge in [-0.25, -0.2) is 4.79 Å². The number of carbonyl (C=O) groups is 1. The van der Waals surface area contributed by atoms with Gasteiger partial charge in [-0.15, -0.1) is 0 Å². The van der Waals surface area contributed by atoms with E-state index < -0.39 is 10.9 Å². The van der Waals surface area contributed by atoms with Crippen molar-refractivity contribution in [3.63, 3.8) is 0 Å². The molecule has 20 heavy (non-hydrogen) atoms. The number of benzene rings is 1. The van der Waals surface area contributed by atoms with Crippen molar-refractivity contribution < 1.29 is 14.8 Å². The average molecular weight is 276 g/mol. The van der Waals surface area contributed by atoms with Gasteiger partial charge in [0.05, 0.1) is 16.2 Å². The fraction of sp³-hybridized carbons (Fsp3) is 0.167. The Kier molecular flexibility index (Phi) is 3.38. The lowest BCUT2D eigenvalue weighted by Crippen LogP contribution is -2.08. The van der Waals surface area contributed by atoms with Gasteiger partial charge in [-0.1, -0.05) is 6.07 Å². The fourth-order valence-electron chi connectivity index (χ4n) is 1.86. The van der Waals surface area contributed by atoms with Gasteiger partial charge in [0.1, 0.15) is 11.5 Å². The lowest BCUT2D eigenvalue weighted by atomic mass is 10.1. The molecule has 0 atom stereocenters. The van der Waals surface area contributed by atoms with Crippen LogP contribution in [0.5, 0.6) is 0 Å². The SMILES string of the molecule is Cc1cc(Nc2c(C(=O)O)cccc2[N+](=O)[O-])n(C)n1. The molecule has 0 aliphatic rings. The van der Waals surface area contributed by atoms with E-state index >= 15 is 0 Å². The number of aromatic nitrogens is 2. The zero-order chi connectivity index (χ0) is 14.9. The number of aryl methyl sites for hydroxylation is 2. The number of nitrogens with one attached hydrogen (secondary N) is 1. The summed E-state index contributed by atoms with van der Waals surface area (Å²) in [4.78, 5) is 21.6. The topological polar surface area (TPSA) is 110 Å². The van der Waals surface area contributed by atoms with Crippen LogP contribution in [-0.4, -0.2) is 25.8 Å². The highest BCUT2D eigenvalue weighted by Gasteiger charge is 2.22. The summed E-state index contributed by atoms with van der Waals surface area (Å²) in [6.07, 6.45) is 0. The van der Waals surface area contributed by atoms with Crippen molar-refractivity contribution in [3.05, 3.63) is 45.6 Å². The number of para-hydroxylation sites is 1. The minimum absolute atomic E-state index is 0.0620. The maximum atomic E-state index is 11.2. The van der Waals surface area contributed by atoms with Crippen LogP contribution in [-0.2, 0) is 7.05 Å². The number of anilines is 2. The molecule has 1 aromatic heterocycles. The standard InChI is InChI=1S/C12H12N4O4/c1-7-6-10(15(2)14-7)13-11-8(12(17)18)4-3-5-9(11)16(19)20/h3-6,13H,1-2H3,(H,17,18). The van der Waals surface area contributed by atoms with E-state index in [-0.39, 0.29) is 16.9 Å². The number of nitro groups is 1. The van der Waals surface area contributed by atoms with Crippen molar-refractivity contribution in [1.82, 2.24) is 9.78 Å². The van der Waals surface area contributed by atoms with Crippen molar-refractivity contribution in [1.29, 1.82) is 0 Å². The fourth-order valence-corrected chi connectivity index (χ4v) is 1.86.